The van der Waals surface area contributed by atoms with Gasteiger partial charge in [0.2, 0.25) is 5.13 Å². The molecule has 4 nitrogen and oxygen atoms in total. The highest BCUT2D eigenvalue weighted by Crippen LogP contribution is 2.25. The van der Waals surface area contributed by atoms with E-state index in [1.807, 2.05) is 6.07 Å². The van der Waals surface area contributed by atoms with Gasteiger partial charge in [0.1, 0.15) is 0 Å². The van der Waals surface area contributed by atoms with Gasteiger partial charge < -0.3 is 4.90 Å². The monoisotopic (exact) mass is 386 g/mol. The van der Waals surface area contributed by atoms with Gasteiger partial charge in [-0.15, -0.1) is 0 Å². The van der Waals surface area contributed by atoms with Gasteiger partial charge in [0.25, 0.3) is 0 Å². The molecule has 2 aromatic carbocycles. The largest absolute Gasteiger partial charge is 0.344 e. The molecule has 3 aromatic rings. The van der Waals surface area contributed by atoms with Crippen LogP contribution in [0, 0.1) is 11.6 Å². The van der Waals surface area contributed by atoms with Crippen molar-refractivity contribution in [1.29, 1.82) is 0 Å². The fourth-order valence-corrected chi connectivity index (χ4v) is 3.93. The Morgan fingerprint density at radius 1 is 0.926 bits per heavy atom. The summed E-state index contributed by atoms with van der Waals surface area (Å²) in [5, 5.41) is 0.831. The number of hydrogen-bond donors (Lipinski definition) is 0. The van der Waals surface area contributed by atoms with Crippen LogP contribution in [0.3, 0.4) is 0 Å². The van der Waals surface area contributed by atoms with E-state index in [9.17, 15) is 8.78 Å². The molecule has 1 aromatic heterocycles. The fourth-order valence-electron chi connectivity index (χ4n) is 3.19. The molecule has 0 aliphatic carbocycles. The predicted octanol–water partition coefficient (Wildman–Crippen LogP) is 3.85. The minimum absolute atomic E-state index is 0.445. The Bertz CT molecular complexity index is 892. The molecule has 0 saturated carbocycles. The SMILES string of the molecule is Fc1ccc(-c2nsc(N3CCN(CCc4ccccc4)CC3)n2)cc1F. The first kappa shape index (κ1) is 18.0. The molecule has 27 heavy (non-hydrogen) atoms. The van der Waals surface area contributed by atoms with Crippen LogP contribution in [0.1, 0.15) is 5.56 Å². The maximum Gasteiger partial charge on any atom is 0.205 e. The second-order valence-corrected chi connectivity index (χ2v) is 7.32. The van der Waals surface area contributed by atoms with Gasteiger partial charge in [-0.25, -0.2) is 8.78 Å². The lowest BCUT2D eigenvalue weighted by molar-refractivity contribution is 0.261. The number of halogens is 2. The van der Waals surface area contributed by atoms with Crippen LogP contribution in [0.5, 0.6) is 0 Å². The van der Waals surface area contributed by atoms with Crippen LogP contribution in [0.2, 0.25) is 0 Å². The molecule has 140 valence electrons. The molecular formula is C20H20F2N4S. The van der Waals surface area contributed by atoms with Crippen molar-refractivity contribution in [3.05, 3.63) is 65.7 Å². The maximum atomic E-state index is 13.4. The maximum absolute atomic E-state index is 13.4. The van der Waals surface area contributed by atoms with E-state index in [-0.39, 0.29) is 0 Å². The van der Waals surface area contributed by atoms with Crippen LogP contribution in [0.25, 0.3) is 11.4 Å². The summed E-state index contributed by atoms with van der Waals surface area (Å²) in [4.78, 5) is 9.19. The van der Waals surface area contributed by atoms with Crippen molar-refractivity contribution in [3.8, 4) is 11.4 Å². The Morgan fingerprint density at radius 3 is 2.44 bits per heavy atom. The van der Waals surface area contributed by atoms with Crippen molar-refractivity contribution >= 4 is 16.7 Å². The van der Waals surface area contributed by atoms with E-state index in [2.05, 4.69) is 43.4 Å². The molecule has 0 N–H and O–H groups in total. The van der Waals surface area contributed by atoms with Crippen LogP contribution < -0.4 is 4.90 Å². The van der Waals surface area contributed by atoms with Gasteiger partial charge in [0, 0.05) is 49.8 Å². The van der Waals surface area contributed by atoms with E-state index < -0.39 is 11.6 Å². The smallest absolute Gasteiger partial charge is 0.205 e. The Balaban J connectivity index is 1.33. The molecule has 0 atom stereocenters. The highest BCUT2D eigenvalue weighted by atomic mass is 32.1. The molecule has 0 unspecified atom stereocenters. The number of anilines is 1. The van der Waals surface area contributed by atoms with E-state index >= 15 is 0 Å². The summed E-state index contributed by atoms with van der Waals surface area (Å²) in [6.45, 7) is 4.79. The molecule has 4 rings (SSSR count). The molecule has 0 bridgehead atoms. The number of benzene rings is 2. The summed E-state index contributed by atoms with van der Waals surface area (Å²) in [6.07, 6.45) is 1.06. The standard InChI is InChI=1S/C20H20F2N4S/c21-17-7-6-16(14-18(17)22)19-23-20(27-24-19)26-12-10-25(11-13-26)9-8-15-4-2-1-3-5-15/h1-7,14H,8-13H2. The van der Waals surface area contributed by atoms with Crippen LogP contribution in [-0.2, 0) is 6.42 Å². The van der Waals surface area contributed by atoms with E-state index in [1.54, 1.807) is 0 Å². The van der Waals surface area contributed by atoms with Crippen molar-refractivity contribution in [2.24, 2.45) is 0 Å². The summed E-state index contributed by atoms with van der Waals surface area (Å²) in [6, 6.07) is 14.3. The third-order valence-corrected chi connectivity index (χ3v) is 5.57. The van der Waals surface area contributed by atoms with E-state index in [1.165, 1.54) is 23.2 Å². The number of aromatic nitrogens is 2. The van der Waals surface area contributed by atoms with E-state index in [0.29, 0.717) is 11.4 Å². The Kier molecular flexibility index (Phi) is 5.40. The average molecular weight is 386 g/mol. The molecule has 0 radical (unpaired) electrons. The third-order valence-electron chi connectivity index (χ3n) is 4.80. The number of hydrogen-bond acceptors (Lipinski definition) is 5. The first-order valence-corrected chi connectivity index (χ1v) is 9.77. The molecule has 1 fully saturated rings. The summed E-state index contributed by atoms with van der Waals surface area (Å²) >= 11 is 1.30. The molecule has 2 heterocycles. The lowest BCUT2D eigenvalue weighted by Gasteiger charge is -2.34. The summed E-state index contributed by atoms with van der Waals surface area (Å²) in [7, 11) is 0. The summed E-state index contributed by atoms with van der Waals surface area (Å²) < 4.78 is 30.8. The minimum Gasteiger partial charge on any atom is -0.344 e. The van der Waals surface area contributed by atoms with Crippen LogP contribution in [0.15, 0.2) is 48.5 Å². The number of rotatable bonds is 5. The van der Waals surface area contributed by atoms with Crippen LogP contribution >= 0.6 is 11.5 Å². The lowest BCUT2D eigenvalue weighted by Crippen LogP contribution is -2.47. The normalized spacial score (nSPS) is 15.3. The zero-order valence-electron chi connectivity index (χ0n) is 14.8. The second-order valence-electron chi connectivity index (χ2n) is 6.59. The van der Waals surface area contributed by atoms with Crippen LogP contribution in [0.4, 0.5) is 13.9 Å². The number of nitrogens with zero attached hydrogens (tertiary/aromatic N) is 4. The summed E-state index contributed by atoms with van der Waals surface area (Å²) in [5.74, 6) is -1.29. The van der Waals surface area contributed by atoms with Crippen molar-refractivity contribution in [2.45, 2.75) is 6.42 Å². The van der Waals surface area contributed by atoms with Gasteiger partial charge in [0.05, 0.1) is 0 Å². The average Bonchev–Trinajstić information content (AvgIpc) is 3.20. The van der Waals surface area contributed by atoms with Crippen molar-refractivity contribution in [2.75, 3.05) is 37.6 Å². The van der Waals surface area contributed by atoms with Gasteiger partial charge in [-0.1, -0.05) is 30.3 Å². The Labute approximate surface area is 161 Å². The second kappa shape index (κ2) is 8.10. The zero-order chi connectivity index (χ0) is 18.6. The molecular weight excluding hydrogens is 366 g/mol. The summed E-state index contributed by atoms with van der Waals surface area (Å²) in [5.41, 5.74) is 1.86. The van der Waals surface area contributed by atoms with Gasteiger partial charge in [-0.2, -0.15) is 9.36 Å². The van der Waals surface area contributed by atoms with Crippen molar-refractivity contribution in [3.63, 3.8) is 0 Å². The highest BCUT2D eigenvalue weighted by Gasteiger charge is 2.20. The number of piperazine rings is 1. The first-order chi connectivity index (χ1) is 13.2. The minimum atomic E-state index is -0.879. The fraction of sp³-hybridized carbons (Fsp3) is 0.300. The predicted molar refractivity (Wildman–Crippen MR) is 104 cm³/mol. The van der Waals surface area contributed by atoms with Crippen molar-refractivity contribution in [1.82, 2.24) is 14.3 Å². The third kappa shape index (κ3) is 4.31. The first-order valence-electron chi connectivity index (χ1n) is 8.99. The Morgan fingerprint density at radius 2 is 1.70 bits per heavy atom. The molecule has 1 saturated heterocycles. The van der Waals surface area contributed by atoms with Crippen molar-refractivity contribution < 1.29 is 8.78 Å². The van der Waals surface area contributed by atoms with Gasteiger partial charge in [-0.05, 0) is 30.2 Å². The molecule has 0 spiro atoms. The molecule has 1 aliphatic rings. The molecule has 1 aliphatic heterocycles. The van der Waals surface area contributed by atoms with Gasteiger partial charge in [0.15, 0.2) is 17.5 Å². The Hall–Kier alpha value is -2.38. The molecule has 0 amide bonds. The topological polar surface area (TPSA) is 32.3 Å². The van der Waals surface area contributed by atoms with Crippen LogP contribution in [-0.4, -0.2) is 47.0 Å². The van der Waals surface area contributed by atoms with Gasteiger partial charge in [-0.3, -0.25) is 4.90 Å². The quantitative estimate of drug-likeness (QED) is 0.667. The van der Waals surface area contributed by atoms with E-state index in [4.69, 9.17) is 0 Å². The van der Waals surface area contributed by atoms with Gasteiger partial charge >= 0.3 is 0 Å². The molecule has 7 heteroatoms. The lowest BCUT2D eigenvalue weighted by atomic mass is 10.1. The highest BCUT2D eigenvalue weighted by molar-refractivity contribution is 7.09. The van der Waals surface area contributed by atoms with E-state index in [0.717, 1.165) is 56.4 Å². The zero-order valence-corrected chi connectivity index (χ0v) is 15.6.